The van der Waals surface area contributed by atoms with Crippen LogP contribution in [0.25, 0.3) is 0 Å². The number of ether oxygens (including phenoxy) is 1. The molecule has 0 aliphatic heterocycles. The molecule has 1 aromatic rings. The van der Waals surface area contributed by atoms with Crippen molar-refractivity contribution in [3.8, 4) is 0 Å². The maximum atomic E-state index is 10.8. The zero-order valence-electron chi connectivity index (χ0n) is 11.8. The van der Waals surface area contributed by atoms with Crippen molar-refractivity contribution < 1.29 is 29.3 Å². The van der Waals surface area contributed by atoms with Gasteiger partial charge in [0.15, 0.2) is 0 Å². The lowest BCUT2D eigenvalue weighted by Gasteiger charge is -2.33. The molecule has 8 nitrogen and oxygen atoms in total. The molecule has 4 N–H and O–H groups in total. The van der Waals surface area contributed by atoms with Crippen LogP contribution in [0.1, 0.15) is 18.4 Å². The fourth-order valence-electron chi connectivity index (χ4n) is 1.88. The SMILES string of the molecule is O=CNC(C[C@@H](O)CC(=O)O)(NC=O)OCc1ccccc1. The molecule has 0 saturated heterocycles. The predicted octanol–water partition coefficient (Wildman–Crippen LogP) is -0.425. The van der Waals surface area contributed by atoms with Crippen LogP contribution in [-0.4, -0.2) is 41.0 Å². The fourth-order valence-corrected chi connectivity index (χ4v) is 1.88. The van der Waals surface area contributed by atoms with Crippen LogP contribution in [0.15, 0.2) is 30.3 Å². The molecule has 0 saturated carbocycles. The summed E-state index contributed by atoms with van der Waals surface area (Å²) in [5.74, 6) is -2.89. The van der Waals surface area contributed by atoms with Gasteiger partial charge in [0.05, 0.1) is 19.1 Å². The Hall–Kier alpha value is -2.45. The van der Waals surface area contributed by atoms with E-state index in [-0.39, 0.29) is 13.0 Å². The van der Waals surface area contributed by atoms with Crippen LogP contribution in [-0.2, 0) is 25.7 Å². The summed E-state index contributed by atoms with van der Waals surface area (Å²) in [7, 11) is 0. The Bertz CT molecular complexity index is 483. The number of hydrogen-bond acceptors (Lipinski definition) is 5. The number of carbonyl (C=O) groups is 3. The summed E-state index contributed by atoms with van der Waals surface area (Å²) in [4.78, 5) is 32.1. The summed E-state index contributed by atoms with van der Waals surface area (Å²) in [6.45, 7) is 0.0440. The third-order valence-electron chi connectivity index (χ3n) is 2.85. The van der Waals surface area contributed by atoms with E-state index in [1.165, 1.54) is 0 Å². The number of rotatable bonds is 11. The van der Waals surface area contributed by atoms with Gasteiger partial charge in [0, 0.05) is 6.42 Å². The van der Waals surface area contributed by atoms with Gasteiger partial charge in [-0.05, 0) is 5.56 Å². The molecule has 2 amide bonds. The molecule has 0 aliphatic rings. The summed E-state index contributed by atoms with van der Waals surface area (Å²) in [6, 6.07) is 8.96. The number of amides is 2. The van der Waals surface area contributed by atoms with E-state index in [0.29, 0.717) is 12.8 Å². The lowest BCUT2D eigenvalue weighted by atomic mass is 10.1. The molecular weight excluding hydrogens is 292 g/mol. The van der Waals surface area contributed by atoms with E-state index in [9.17, 15) is 19.5 Å². The first-order valence-electron chi connectivity index (χ1n) is 6.52. The van der Waals surface area contributed by atoms with Crippen LogP contribution in [0.4, 0.5) is 0 Å². The zero-order valence-corrected chi connectivity index (χ0v) is 11.8. The topological polar surface area (TPSA) is 125 Å². The lowest BCUT2D eigenvalue weighted by molar-refractivity contribution is -0.151. The normalized spacial score (nSPS) is 12.2. The largest absolute Gasteiger partial charge is 0.481 e. The van der Waals surface area contributed by atoms with Crippen molar-refractivity contribution in [2.24, 2.45) is 0 Å². The van der Waals surface area contributed by atoms with Crippen LogP contribution in [0.2, 0.25) is 0 Å². The lowest BCUT2D eigenvalue weighted by Crippen LogP contribution is -2.59. The minimum atomic E-state index is -1.69. The first kappa shape index (κ1) is 17.6. The number of carbonyl (C=O) groups excluding carboxylic acids is 2. The minimum Gasteiger partial charge on any atom is -0.481 e. The van der Waals surface area contributed by atoms with Gasteiger partial charge in [0.25, 0.3) is 0 Å². The van der Waals surface area contributed by atoms with Crippen molar-refractivity contribution in [1.29, 1.82) is 0 Å². The molecular formula is C14H18N2O6. The first-order valence-corrected chi connectivity index (χ1v) is 6.52. The molecule has 120 valence electrons. The number of aliphatic hydroxyl groups excluding tert-OH is 1. The quantitative estimate of drug-likeness (QED) is 0.325. The Morgan fingerprint density at radius 1 is 1.23 bits per heavy atom. The monoisotopic (exact) mass is 310 g/mol. The van der Waals surface area contributed by atoms with Gasteiger partial charge < -0.3 is 25.6 Å². The summed E-state index contributed by atoms with van der Waals surface area (Å²) in [5, 5.41) is 22.9. The van der Waals surface area contributed by atoms with Gasteiger partial charge in [-0.2, -0.15) is 0 Å². The van der Waals surface area contributed by atoms with Gasteiger partial charge >= 0.3 is 5.97 Å². The molecule has 0 heterocycles. The van der Waals surface area contributed by atoms with E-state index in [1.54, 1.807) is 24.3 Å². The van der Waals surface area contributed by atoms with Crippen LogP contribution in [0, 0.1) is 0 Å². The van der Waals surface area contributed by atoms with E-state index in [0.717, 1.165) is 5.56 Å². The standard InChI is InChI=1S/C14H18N2O6/c17-9-15-14(16-10-18,7-12(19)6-13(20)21)22-8-11-4-2-1-3-5-11/h1-5,9-10,12,19H,6-8H2,(H,15,17)(H,16,18)(H,20,21)/t12-/m0/s1. The third kappa shape index (κ3) is 5.90. The Morgan fingerprint density at radius 3 is 2.32 bits per heavy atom. The molecule has 1 atom stereocenters. The molecule has 0 unspecified atom stereocenters. The molecule has 22 heavy (non-hydrogen) atoms. The van der Waals surface area contributed by atoms with Gasteiger partial charge in [-0.3, -0.25) is 14.4 Å². The Labute approximate surface area is 127 Å². The molecule has 0 spiro atoms. The van der Waals surface area contributed by atoms with E-state index in [2.05, 4.69) is 10.6 Å². The Balaban J connectivity index is 2.81. The van der Waals surface area contributed by atoms with Gasteiger partial charge in [0.2, 0.25) is 18.7 Å². The second kappa shape index (κ2) is 8.75. The minimum absolute atomic E-state index is 0.0440. The van der Waals surface area contributed by atoms with Crippen LogP contribution in [0.3, 0.4) is 0 Å². The van der Waals surface area contributed by atoms with Crippen molar-refractivity contribution in [2.45, 2.75) is 31.4 Å². The summed E-state index contributed by atoms with van der Waals surface area (Å²) >= 11 is 0. The number of aliphatic hydroxyl groups is 1. The highest BCUT2D eigenvalue weighted by Gasteiger charge is 2.33. The maximum absolute atomic E-state index is 10.8. The average Bonchev–Trinajstić information content (AvgIpc) is 2.46. The Morgan fingerprint density at radius 2 is 1.82 bits per heavy atom. The molecule has 0 aromatic heterocycles. The molecule has 0 fully saturated rings. The number of nitrogens with one attached hydrogen (secondary N) is 2. The smallest absolute Gasteiger partial charge is 0.305 e. The predicted molar refractivity (Wildman–Crippen MR) is 75.2 cm³/mol. The highest BCUT2D eigenvalue weighted by Crippen LogP contribution is 2.16. The molecule has 0 bridgehead atoms. The summed E-state index contributed by atoms with van der Waals surface area (Å²) < 4.78 is 5.51. The van der Waals surface area contributed by atoms with Gasteiger partial charge in [-0.1, -0.05) is 30.3 Å². The maximum Gasteiger partial charge on any atom is 0.305 e. The van der Waals surface area contributed by atoms with Gasteiger partial charge in [-0.25, -0.2) is 0 Å². The molecule has 8 heteroatoms. The van der Waals surface area contributed by atoms with Crippen molar-refractivity contribution in [2.75, 3.05) is 0 Å². The second-order valence-corrected chi connectivity index (χ2v) is 4.58. The second-order valence-electron chi connectivity index (χ2n) is 4.58. The highest BCUT2D eigenvalue weighted by molar-refractivity contribution is 5.67. The van der Waals surface area contributed by atoms with Crippen LogP contribution in [0.5, 0.6) is 0 Å². The van der Waals surface area contributed by atoms with Crippen molar-refractivity contribution in [3.63, 3.8) is 0 Å². The van der Waals surface area contributed by atoms with E-state index in [4.69, 9.17) is 9.84 Å². The van der Waals surface area contributed by atoms with Gasteiger partial charge in [0.1, 0.15) is 0 Å². The third-order valence-corrected chi connectivity index (χ3v) is 2.85. The summed E-state index contributed by atoms with van der Waals surface area (Å²) in [5.41, 5.74) is 0.778. The molecule has 1 rings (SSSR count). The number of hydrogen-bond donors (Lipinski definition) is 4. The van der Waals surface area contributed by atoms with E-state index < -0.39 is 24.3 Å². The molecule has 0 aliphatic carbocycles. The first-order chi connectivity index (χ1) is 10.5. The molecule has 0 radical (unpaired) electrons. The van der Waals surface area contributed by atoms with Crippen molar-refractivity contribution >= 4 is 18.8 Å². The van der Waals surface area contributed by atoms with Crippen LogP contribution < -0.4 is 10.6 Å². The molecule has 1 aromatic carbocycles. The van der Waals surface area contributed by atoms with Crippen LogP contribution >= 0.6 is 0 Å². The zero-order chi connectivity index (χ0) is 16.4. The van der Waals surface area contributed by atoms with Crippen molar-refractivity contribution in [3.05, 3.63) is 35.9 Å². The number of aliphatic carboxylic acids is 1. The average molecular weight is 310 g/mol. The van der Waals surface area contributed by atoms with E-state index in [1.807, 2.05) is 6.07 Å². The Kier molecular flexibility index (Phi) is 7.00. The van der Waals surface area contributed by atoms with Crippen molar-refractivity contribution in [1.82, 2.24) is 10.6 Å². The number of carboxylic acid groups (broad SMARTS) is 1. The number of carboxylic acids is 1. The summed E-state index contributed by atoms with van der Waals surface area (Å²) in [6.07, 6.45) is -1.57. The van der Waals surface area contributed by atoms with E-state index >= 15 is 0 Å². The number of benzene rings is 1. The van der Waals surface area contributed by atoms with Gasteiger partial charge in [-0.15, -0.1) is 0 Å². The highest BCUT2D eigenvalue weighted by atomic mass is 16.5. The fraction of sp³-hybridized carbons (Fsp3) is 0.357.